The third-order valence-corrected chi connectivity index (χ3v) is 3.67. The number of hydrogen-bond donors (Lipinski definition) is 2. The molecule has 148 valence electrons. The Labute approximate surface area is 158 Å². The van der Waals surface area contributed by atoms with E-state index in [4.69, 9.17) is 14.2 Å². The average Bonchev–Trinajstić information content (AvgIpc) is 2.91. The molecule has 0 saturated carbocycles. The number of hydrogen-bond acceptors (Lipinski definition) is 6. The van der Waals surface area contributed by atoms with Gasteiger partial charge in [0.1, 0.15) is 17.7 Å². The molecule has 8 heteroatoms. The molecule has 27 heavy (non-hydrogen) atoms. The molecule has 2 N–H and O–H groups in total. The quantitative estimate of drug-likeness (QED) is 0.733. The maximum atomic E-state index is 12.3. The van der Waals surface area contributed by atoms with Gasteiger partial charge >= 0.3 is 12.1 Å². The summed E-state index contributed by atoms with van der Waals surface area (Å²) >= 11 is 0. The third-order valence-electron chi connectivity index (χ3n) is 3.67. The fourth-order valence-electron chi connectivity index (χ4n) is 2.42. The van der Waals surface area contributed by atoms with Gasteiger partial charge in [-0.2, -0.15) is 0 Å². The second kappa shape index (κ2) is 8.85. The number of rotatable bonds is 6. The molecular formula is C19H26N2O6. The normalized spacial score (nSPS) is 20.5. The van der Waals surface area contributed by atoms with Gasteiger partial charge in [0.25, 0.3) is 0 Å². The molecule has 0 spiro atoms. The zero-order chi connectivity index (χ0) is 20.0. The standard InChI is InChI=1S/C19H26N2O6/c1-12(20-18(24)27-19(2,3)4)16(23)21-14-10-15(22)26-17(14)25-11-13-8-6-5-7-9-13/h5-9,12,14,17H,10-11H2,1-4H3,(H,20,24)(H,21,23)/t12-,14-,17?/m0/s1. The first kappa shape index (κ1) is 20.7. The van der Waals surface area contributed by atoms with E-state index in [1.807, 2.05) is 30.3 Å². The van der Waals surface area contributed by atoms with Crippen molar-refractivity contribution in [3.05, 3.63) is 35.9 Å². The van der Waals surface area contributed by atoms with Crippen LogP contribution >= 0.6 is 0 Å². The minimum Gasteiger partial charge on any atom is -0.444 e. The Hall–Kier alpha value is -2.61. The Bertz CT molecular complexity index is 671. The molecule has 0 aromatic heterocycles. The van der Waals surface area contributed by atoms with E-state index in [-0.39, 0.29) is 13.0 Å². The smallest absolute Gasteiger partial charge is 0.408 e. The SMILES string of the molecule is C[C@H](NC(=O)OC(C)(C)C)C(=O)N[C@H]1CC(=O)OC1OCc1ccccc1. The van der Waals surface area contributed by atoms with Crippen molar-refractivity contribution in [2.75, 3.05) is 0 Å². The van der Waals surface area contributed by atoms with E-state index in [2.05, 4.69) is 10.6 Å². The third kappa shape index (κ3) is 6.90. The highest BCUT2D eigenvalue weighted by Gasteiger charge is 2.37. The topological polar surface area (TPSA) is 103 Å². The lowest BCUT2D eigenvalue weighted by atomic mass is 10.2. The first-order valence-electron chi connectivity index (χ1n) is 8.79. The lowest BCUT2D eigenvalue weighted by molar-refractivity contribution is -0.168. The van der Waals surface area contributed by atoms with Crippen molar-refractivity contribution < 1.29 is 28.6 Å². The van der Waals surface area contributed by atoms with Gasteiger partial charge in [-0.25, -0.2) is 4.79 Å². The van der Waals surface area contributed by atoms with Gasteiger partial charge in [-0.05, 0) is 33.3 Å². The van der Waals surface area contributed by atoms with Gasteiger partial charge in [-0.15, -0.1) is 0 Å². The van der Waals surface area contributed by atoms with Crippen molar-refractivity contribution in [2.24, 2.45) is 0 Å². The van der Waals surface area contributed by atoms with E-state index >= 15 is 0 Å². The van der Waals surface area contributed by atoms with Crippen LogP contribution in [0.1, 0.15) is 39.7 Å². The summed E-state index contributed by atoms with van der Waals surface area (Å²) in [5.74, 6) is -0.913. The molecule has 0 aliphatic carbocycles. The molecule has 2 amide bonds. The summed E-state index contributed by atoms with van der Waals surface area (Å²) in [4.78, 5) is 35.7. The highest BCUT2D eigenvalue weighted by Crippen LogP contribution is 2.18. The predicted molar refractivity (Wildman–Crippen MR) is 96.5 cm³/mol. The summed E-state index contributed by atoms with van der Waals surface area (Å²) in [7, 11) is 0. The van der Waals surface area contributed by atoms with Gasteiger partial charge in [0.2, 0.25) is 12.2 Å². The van der Waals surface area contributed by atoms with Crippen LogP contribution in [0.4, 0.5) is 4.79 Å². The van der Waals surface area contributed by atoms with Gasteiger partial charge in [-0.3, -0.25) is 9.59 Å². The number of nitrogens with one attached hydrogen (secondary N) is 2. The van der Waals surface area contributed by atoms with Crippen LogP contribution in [0.25, 0.3) is 0 Å². The van der Waals surface area contributed by atoms with Crippen molar-refractivity contribution >= 4 is 18.0 Å². The predicted octanol–water partition coefficient (Wildman–Crippen LogP) is 1.87. The molecule has 2 rings (SSSR count). The molecular weight excluding hydrogens is 352 g/mol. The number of amides is 2. The first-order valence-corrected chi connectivity index (χ1v) is 8.79. The molecule has 1 aromatic rings. The second-order valence-corrected chi connectivity index (χ2v) is 7.34. The monoisotopic (exact) mass is 378 g/mol. The van der Waals surface area contributed by atoms with Gasteiger partial charge in [0.15, 0.2) is 0 Å². The zero-order valence-corrected chi connectivity index (χ0v) is 16.0. The summed E-state index contributed by atoms with van der Waals surface area (Å²) in [6.45, 7) is 6.96. The molecule has 1 aliphatic heterocycles. The van der Waals surface area contributed by atoms with E-state index in [1.165, 1.54) is 6.92 Å². The lowest BCUT2D eigenvalue weighted by Crippen LogP contribution is -2.51. The minimum atomic E-state index is -0.879. The molecule has 1 fully saturated rings. The number of carbonyl (C=O) groups is 3. The van der Waals surface area contributed by atoms with Crippen LogP contribution in [0.15, 0.2) is 30.3 Å². The number of carbonyl (C=O) groups excluding carboxylic acids is 3. The Morgan fingerprint density at radius 3 is 2.56 bits per heavy atom. The molecule has 1 heterocycles. The molecule has 3 atom stereocenters. The molecule has 1 aromatic carbocycles. The molecule has 0 radical (unpaired) electrons. The fraction of sp³-hybridized carbons (Fsp3) is 0.526. The second-order valence-electron chi connectivity index (χ2n) is 7.34. The highest BCUT2D eigenvalue weighted by molar-refractivity contribution is 5.86. The Balaban J connectivity index is 1.86. The van der Waals surface area contributed by atoms with Crippen molar-refractivity contribution in [1.82, 2.24) is 10.6 Å². The van der Waals surface area contributed by atoms with Crippen molar-refractivity contribution in [3.8, 4) is 0 Å². The lowest BCUT2D eigenvalue weighted by Gasteiger charge is -2.23. The van der Waals surface area contributed by atoms with E-state index in [9.17, 15) is 14.4 Å². The number of benzene rings is 1. The highest BCUT2D eigenvalue weighted by atomic mass is 16.7. The van der Waals surface area contributed by atoms with Crippen molar-refractivity contribution in [2.45, 2.75) is 64.7 Å². The Kier molecular flexibility index (Phi) is 6.79. The van der Waals surface area contributed by atoms with Crippen molar-refractivity contribution in [1.29, 1.82) is 0 Å². The fourth-order valence-corrected chi connectivity index (χ4v) is 2.42. The van der Waals surface area contributed by atoms with Crippen LogP contribution in [0.5, 0.6) is 0 Å². The van der Waals surface area contributed by atoms with Crippen LogP contribution in [0, 0.1) is 0 Å². The van der Waals surface area contributed by atoms with Crippen LogP contribution in [-0.2, 0) is 30.4 Å². The summed E-state index contributed by atoms with van der Waals surface area (Å²) in [5, 5.41) is 5.14. The number of ether oxygens (including phenoxy) is 3. The largest absolute Gasteiger partial charge is 0.444 e. The molecule has 0 bridgehead atoms. The van der Waals surface area contributed by atoms with E-state index in [0.29, 0.717) is 0 Å². The minimum absolute atomic E-state index is 0.00432. The maximum absolute atomic E-state index is 12.3. The van der Waals surface area contributed by atoms with Crippen LogP contribution in [0.3, 0.4) is 0 Å². The van der Waals surface area contributed by atoms with Crippen molar-refractivity contribution in [3.63, 3.8) is 0 Å². The summed E-state index contributed by atoms with van der Waals surface area (Å²) in [6.07, 6.45) is -1.57. The number of cyclic esters (lactones) is 1. The number of alkyl carbamates (subject to hydrolysis) is 1. The first-order chi connectivity index (χ1) is 12.6. The van der Waals surface area contributed by atoms with Gasteiger partial charge < -0.3 is 24.8 Å². The van der Waals surface area contributed by atoms with Gasteiger partial charge in [-0.1, -0.05) is 30.3 Å². The zero-order valence-electron chi connectivity index (χ0n) is 16.0. The molecule has 8 nitrogen and oxygen atoms in total. The van der Waals surface area contributed by atoms with Gasteiger partial charge in [0.05, 0.1) is 13.0 Å². The summed E-state index contributed by atoms with van der Waals surface area (Å²) in [6, 6.07) is 7.95. The Morgan fingerprint density at radius 2 is 1.93 bits per heavy atom. The average molecular weight is 378 g/mol. The van der Waals surface area contributed by atoms with Crippen LogP contribution in [-0.4, -0.2) is 41.9 Å². The molecule has 1 aliphatic rings. The molecule has 1 unspecified atom stereocenters. The van der Waals surface area contributed by atoms with E-state index in [1.54, 1.807) is 20.8 Å². The number of esters is 1. The van der Waals surface area contributed by atoms with E-state index < -0.39 is 41.9 Å². The summed E-state index contributed by atoms with van der Waals surface area (Å²) in [5.41, 5.74) is 0.257. The van der Waals surface area contributed by atoms with Crippen LogP contribution < -0.4 is 10.6 Å². The van der Waals surface area contributed by atoms with Crippen LogP contribution in [0.2, 0.25) is 0 Å². The summed E-state index contributed by atoms with van der Waals surface area (Å²) < 4.78 is 15.9. The maximum Gasteiger partial charge on any atom is 0.408 e. The van der Waals surface area contributed by atoms with E-state index in [0.717, 1.165) is 5.56 Å². The molecule has 1 saturated heterocycles. The Morgan fingerprint density at radius 1 is 1.26 bits per heavy atom. The van der Waals surface area contributed by atoms with Gasteiger partial charge in [0, 0.05) is 0 Å².